The molecule has 1 N–H and O–H groups in total. The summed E-state index contributed by atoms with van der Waals surface area (Å²) in [7, 11) is 0.767. The van der Waals surface area contributed by atoms with Gasteiger partial charge in [0.1, 0.15) is 22.9 Å². The van der Waals surface area contributed by atoms with E-state index in [2.05, 4.69) is 49.1 Å². The molecular weight excluding hydrogens is 849 g/mol. The van der Waals surface area contributed by atoms with Gasteiger partial charge < -0.3 is 23.5 Å². The molecule has 7 heterocycles. The van der Waals surface area contributed by atoms with Gasteiger partial charge in [0.15, 0.2) is 11.6 Å². The summed E-state index contributed by atoms with van der Waals surface area (Å²) in [6, 6.07) is 14.2. The topological polar surface area (TPSA) is 157 Å². The smallest absolute Gasteiger partial charge is 0.410 e. The third kappa shape index (κ3) is 6.35. The number of hydrogen-bond acceptors (Lipinski definition) is 9. The fourth-order valence-corrected chi connectivity index (χ4v) is 11.0. The number of fused-ring (bicyclic) bond motifs is 3. The van der Waals surface area contributed by atoms with Crippen molar-refractivity contribution in [3.05, 3.63) is 139 Å². The average Bonchev–Trinajstić information content (AvgIpc) is 3.94. The number of nitrogens with one attached hydrogen (secondary N) is 1. The van der Waals surface area contributed by atoms with E-state index in [1.807, 2.05) is 17.6 Å². The number of halogens is 2. The van der Waals surface area contributed by atoms with E-state index < -0.39 is 36.0 Å². The van der Waals surface area contributed by atoms with Crippen LogP contribution in [-0.4, -0.2) is 77.4 Å². The van der Waals surface area contributed by atoms with E-state index in [1.165, 1.54) is 28.5 Å². The molecule has 4 aromatic heterocycles. The molecule has 1 aliphatic carbocycles. The Hall–Kier alpha value is -6.37. The first-order valence-corrected chi connectivity index (χ1v) is 22.4. The molecule has 340 valence electrons. The second-order valence-corrected chi connectivity index (χ2v) is 19.0. The summed E-state index contributed by atoms with van der Waals surface area (Å²) in [5, 5.41) is 10.1. The van der Waals surface area contributed by atoms with Gasteiger partial charge in [-0.15, -0.1) is 0 Å². The summed E-state index contributed by atoms with van der Waals surface area (Å²) in [5.41, 5.74) is 4.14. The molecule has 2 fully saturated rings. The minimum Gasteiger partial charge on any atom is -0.410 e. The number of aromatic nitrogens is 7. The van der Waals surface area contributed by atoms with Gasteiger partial charge in [0, 0.05) is 61.1 Å². The number of H-pyrrole nitrogens is 1. The molecule has 1 saturated carbocycles. The zero-order valence-corrected chi connectivity index (χ0v) is 37.8. The Labute approximate surface area is 378 Å². The van der Waals surface area contributed by atoms with E-state index >= 15 is 13.6 Å². The summed E-state index contributed by atoms with van der Waals surface area (Å²) in [6.07, 6.45) is 5.72. The summed E-state index contributed by atoms with van der Waals surface area (Å²) < 4.78 is 59.8. The van der Waals surface area contributed by atoms with Gasteiger partial charge in [-0.1, -0.05) is 24.2 Å². The second-order valence-electron chi connectivity index (χ2n) is 19.0. The summed E-state index contributed by atoms with van der Waals surface area (Å²) in [5.74, 6) is -0.958. The highest BCUT2D eigenvalue weighted by atomic mass is 19.1. The van der Waals surface area contributed by atoms with Crippen molar-refractivity contribution in [2.45, 2.75) is 96.9 Å². The van der Waals surface area contributed by atoms with Crippen LogP contribution >= 0.6 is 0 Å². The van der Waals surface area contributed by atoms with Gasteiger partial charge in [0.2, 0.25) is 0 Å². The Morgan fingerprint density at radius 3 is 2.44 bits per heavy atom. The van der Waals surface area contributed by atoms with Crippen LogP contribution in [0.5, 0.6) is 0 Å². The molecule has 66 heavy (non-hydrogen) atoms. The number of carbonyl (C=O) groups is 1. The van der Waals surface area contributed by atoms with E-state index in [9.17, 15) is 9.59 Å². The van der Waals surface area contributed by atoms with E-state index in [-0.39, 0.29) is 41.5 Å². The molecule has 4 aliphatic rings. The summed E-state index contributed by atoms with van der Waals surface area (Å²) in [6.45, 7) is 12.5. The number of imidazole rings is 1. The highest BCUT2D eigenvalue weighted by Crippen LogP contribution is 2.56. The summed E-state index contributed by atoms with van der Waals surface area (Å²) in [4.78, 5) is 47.3. The highest BCUT2D eigenvalue weighted by molar-refractivity contribution is 6.62. The van der Waals surface area contributed by atoms with Crippen LogP contribution in [0.15, 0.2) is 75.0 Å². The Kier molecular flexibility index (Phi) is 9.66. The van der Waals surface area contributed by atoms with Crippen molar-refractivity contribution in [1.82, 2.24) is 38.5 Å². The lowest BCUT2D eigenvalue weighted by molar-refractivity contribution is -0.0592. The highest BCUT2D eigenvalue weighted by Gasteiger charge is 2.59. The van der Waals surface area contributed by atoms with Gasteiger partial charge in [-0.05, 0) is 124 Å². The predicted molar refractivity (Wildman–Crippen MR) is 240 cm³/mol. The van der Waals surface area contributed by atoms with E-state index in [0.29, 0.717) is 82.4 Å². The van der Waals surface area contributed by atoms with Gasteiger partial charge >= 0.3 is 18.6 Å². The lowest BCUT2D eigenvalue weighted by Gasteiger charge is -2.35. The number of aromatic amines is 1. The minimum atomic E-state index is -0.862. The molecule has 0 spiro atoms. The van der Waals surface area contributed by atoms with Crippen LogP contribution in [0.25, 0.3) is 28.1 Å². The van der Waals surface area contributed by atoms with Crippen LogP contribution in [-0.2, 0) is 32.6 Å². The first kappa shape index (κ1) is 42.3. The quantitative estimate of drug-likeness (QED) is 0.170. The normalized spacial score (nSPS) is 22.3. The number of rotatable bonds is 8. The Morgan fingerprint density at radius 1 is 0.985 bits per heavy atom. The van der Waals surface area contributed by atoms with E-state index in [1.54, 1.807) is 47.8 Å². The molecule has 7 aromatic rings. The van der Waals surface area contributed by atoms with Crippen LogP contribution in [0.2, 0.25) is 0 Å². The summed E-state index contributed by atoms with van der Waals surface area (Å²) >= 11 is 0. The Morgan fingerprint density at radius 2 is 1.74 bits per heavy atom. The molecule has 0 radical (unpaired) electrons. The molecular formula is C48H49BF2N8O7. The van der Waals surface area contributed by atoms with Crippen molar-refractivity contribution in [2.24, 2.45) is 5.92 Å². The molecule has 3 aliphatic heterocycles. The standard InChI is InChI=1S/C48H49BF2N8O7/c1-25-18-32(19-26(2)40(25)50)59-42(57-16-15-56(46(57)62)37-11-9-34-33(41(37)51)24-65-49(34)63-7)39-28(4)55(14-12-35(39)53-59)43(60)38-21-31-20-29(30-13-17-64-47(5,6)23-30)8-10-36(31)58(38)48(22-27(48)3)44-52-45(61)66-54-44/h8-11,15-16,18-21,27-28,30H,12-14,17,22-24H2,1-7H3,(H,52,54,61)/t27-,28-,30?,48-/m0/s1. The van der Waals surface area contributed by atoms with Crippen LogP contribution in [0.1, 0.15) is 109 Å². The van der Waals surface area contributed by atoms with Gasteiger partial charge in [-0.3, -0.25) is 23.4 Å². The molecule has 11 rings (SSSR count). The number of benzene rings is 3. The third-order valence-corrected chi connectivity index (χ3v) is 14.5. The first-order chi connectivity index (χ1) is 31.6. The van der Waals surface area contributed by atoms with Gasteiger partial charge in [-0.25, -0.2) is 23.1 Å². The maximum atomic E-state index is 16.3. The molecule has 1 unspecified atom stereocenters. The largest absolute Gasteiger partial charge is 0.494 e. The van der Waals surface area contributed by atoms with Gasteiger partial charge in [0.25, 0.3) is 5.91 Å². The van der Waals surface area contributed by atoms with Crippen molar-refractivity contribution in [3.63, 3.8) is 0 Å². The van der Waals surface area contributed by atoms with E-state index in [0.717, 1.165) is 29.3 Å². The predicted octanol–water partition coefficient (Wildman–Crippen LogP) is 6.43. The lowest BCUT2D eigenvalue weighted by Crippen LogP contribution is -2.41. The molecule has 0 bridgehead atoms. The Bertz CT molecular complexity index is 3250. The van der Waals surface area contributed by atoms with Crippen molar-refractivity contribution >= 4 is 29.4 Å². The fraction of sp³-hybridized carbons (Fsp3) is 0.396. The maximum Gasteiger partial charge on any atom is 0.494 e. The van der Waals surface area contributed by atoms with Gasteiger partial charge in [0.05, 0.1) is 35.3 Å². The van der Waals surface area contributed by atoms with Crippen molar-refractivity contribution in [2.75, 3.05) is 20.3 Å². The zero-order valence-electron chi connectivity index (χ0n) is 37.8. The van der Waals surface area contributed by atoms with Crippen LogP contribution in [0.3, 0.4) is 0 Å². The Balaban J connectivity index is 1.05. The zero-order chi connectivity index (χ0) is 46.1. The molecule has 1 saturated heterocycles. The SMILES string of the molecule is COB1OCc2c1ccc(-n1ccn(-c3c4c(nn3-c3cc(C)c(F)c(C)c3)CCN(C(=O)c3cc5cc(C6CCOC(C)(C)C6)ccc5n3[C@@]3(c5noc(=O)[nH]5)C[C@@H]3C)[C@H]4C)c1=O)c2F. The number of amides is 1. The minimum absolute atomic E-state index is 0.00504. The monoisotopic (exact) mass is 898 g/mol. The number of aryl methyl sites for hydroxylation is 2. The van der Waals surface area contributed by atoms with Crippen LogP contribution < -0.4 is 16.9 Å². The molecule has 4 atom stereocenters. The number of nitrogens with zero attached hydrogens (tertiary/aromatic N) is 7. The first-order valence-electron chi connectivity index (χ1n) is 22.4. The molecule has 15 nitrogen and oxygen atoms in total. The van der Waals surface area contributed by atoms with E-state index in [4.69, 9.17) is 23.7 Å². The number of hydrogen-bond donors (Lipinski definition) is 1. The van der Waals surface area contributed by atoms with Crippen LogP contribution in [0.4, 0.5) is 8.78 Å². The lowest BCUT2D eigenvalue weighted by atomic mass is 9.78. The van der Waals surface area contributed by atoms with Crippen molar-refractivity contribution < 1.29 is 32.1 Å². The fourth-order valence-electron chi connectivity index (χ4n) is 11.0. The number of carbonyl (C=O) groups excluding carboxylic acids is 1. The third-order valence-electron chi connectivity index (χ3n) is 14.5. The van der Waals surface area contributed by atoms with Crippen molar-refractivity contribution in [3.8, 4) is 17.2 Å². The molecule has 18 heteroatoms. The van der Waals surface area contributed by atoms with Gasteiger partial charge in [-0.2, -0.15) is 5.10 Å². The van der Waals surface area contributed by atoms with Crippen LogP contribution in [0, 0.1) is 31.4 Å². The number of ether oxygens (including phenoxy) is 1. The second kappa shape index (κ2) is 15.1. The molecule has 3 aromatic carbocycles. The average molecular weight is 899 g/mol. The maximum absolute atomic E-state index is 16.3. The molecule has 1 amide bonds. The van der Waals surface area contributed by atoms with Crippen molar-refractivity contribution in [1.29, 1.82) is 0 Å².